The summed E-state index contributed by atoms with van der Waals surface area (Å²) in [6.45, 7) is 25.7. The second-order valence-corrected chi connectivity index (χ2v) is 13.6. The Morgan fingerprint density at radius 1 is 0.939 bits per heavy atom. The van der Waals surface area contributed by atoms with Crippen LogP contribution in [0.1, 0.15) is 184 Å². The van der Waals surface area contributed by atoms with Crippen LogP contribution >= 0.6 is 11.6 Å². The number of alkyl halides is 1. The van der Waals surface area contributed by atoms with Gasteiger partial charge in [-0.15, -0.1) is 11.6 Å². The fourth-order valence-corrected chi connectivity index (χ4v) is 5.81. The first-order valence-corrected chi connectivity index (χ1v) is 20.0. The lowest BCUT2D eigenvalue weighted by atomic mass is 9.80. The first-order chi connectivity index (χ1) is 23.6. The molecular weight excluding hydrogens is 624 g/mol. The molecule has 0 radical (unpaired) electrons. The maximum atomic E-state index is 12.5. The number of aromatic nitrogens is 1. The number of benzene rings is 1. The van der Waals surface area contributed by atoms with Crippen molar-refractivity contribution in [2.45, 2.75) is 184 Å². The number of halogens is 1. The molecule has 5 nitrogen and oxygen atoms in total. The lowest BCUT2D eigenvalue weighted by Crippen LogP contribution is -2.36. The lowest BCUT2D eigenvalue weighted by molar-refractivity contribution is 0.0980. The van der Waals surface area contributed by atoms with Crippen LogP contribution in [0.15, 0.2) is 34.5 Å². The minimum Gasteiger partial charge on any atom is -0.310 e. The van der Waals surface area contributed by atoms with Crippen molar-refractivity contribution < 1.29 is 4.79 Å². The highest BCUT2D eigenvalue weighted by atomic mass is 35.5. The monoisotopic (exact) mass is 697 g/mol. The van der Waals surface area contributed by atoms with Gasteiger partial charge in [-0.05, 0) is 132 Å². The average molecular weight is 698 g/mol. The Morgan fingerprint density at radius 3 is 2.00 bits per heavy atom. The van der Waals surface area contributed by atoms with E-state index in [2.05, 4.69) is 100 Å². The number of hydrogen-bond acceptors (Lipinski definition) is 5. The van der Waals surface area contributed by atoms with Crippen molar-refractivity contribution >= 4 is 29.8 Å². The minimum atomic E-state index is 0.263. The number of rotatable bonds is 14. The van der Waals surface area contributed by atoms with E-state index in [9.17, 15) is 4.79 Å². The molecule has 2 aliphatic rings. The fourth-order valence-electron chi connectivity index (χ4n) is 5.64. The van der Waals surface area contributed by atoms with Gasteiger partial charge in [0, 0.05) is 59.7 Å². The normalized spacial score (nSPS) is 15.0. The highest BCUT2D eigenvalue weighted by molar-refractivity contribution is 6.20. The van der Waals surface area contributed by atoms with E-state index >= 15 is 0 Å². The minimum absolute atomic E-state index is 0.263. The van der Waals surface area contributed by atoms with Crippen LogP contribution in [-0.4, -0.2) is 34.6 Å². The summed E-state index contributed by atoms with van der Waals surface area (Å²) in [4.78, 5) is 17.1. The molecule has 2 aliphatic carbocycles. The van der Waals surface area contributed by atoms with Gasteiger partial charge >= 0.3 is 0 Å². The molecule has 2 atom stereocenters. The molecule has 1 heterocycles. The summed E-state index contributed by atoms with van der Waals surface area (Å²) >= 11 is 6.18. The Labute approximate surface area is 307 Å². The molecule has 1 aromatic carbocycles. The number of hydrogen-bond donors (Lipinski definition) is 1. The highest BCUT2D eigenvalue weighted by Gasteiger charge is 2.26. The summed E-state index contributed by atoms with van der Waals surface area (Å²) in [6, 6.07) is 9.44. The number of aryl methyl sites for hydroxylation is 2. The summed E-state index contributed by atoms with van der Waals surface area (Å²) in [5.74, 6) is 1.89. The molecule has 2 fully saturated rings. The van der Waals surface area contributed by atoms with Crippen molar-refractivity contribution in [2.75, 3.05) is 0 Å². The van der Waals surface area contributed by atoms with Crippen LogP contribution < -0.4 is 5.32 Å². The first kappa shape index (κ1) is 46.6. The first-order valence-electron chi connectivity index (χ1n) is 19.6. The SMILES string of the molecule is C/C=N\N=C/C.CC.CCC.CCC(Cl)Cc1cc(C)nc(C2CC2)c1.CCCC(=O)c1cc(CNC(C)C2CCC2)cc(CC)c1CC. The third-order valence-electron chi connectivity index (χ3n) is 8.63. The molecule has 49 heavy (non-hydrogen) atoms. The largest absolute Gasteiger partial charge is 0.310 e. The predicted molar refractivity (Wildman–Crippen MR) is 218 cm³/mol. The zero-order chi connectivity index (χ0) is 37.2. The van der Waals surface area contributed by atoms with Crippen molar-refractivity contribution in [1.82, 2.24) is 10.3 Å². The number of pyridine rings is 1. The molecule has 2 aromatic rings. The summed E-state index contributed by atoms with van der Waals surface area (Å²) in [7, 11) is 0. The zero-order valence-corrected chi connectivity index (χ0v) is 34.3. The molecule has 4 rings (SSSR count). The summed E-state index contributed by atoms with van der Waals surface area (Å²) in [5.41, 5.74) is 8.63. The van der Waals surface area contributed by atoms with Gasteiger partial charge in [0.05, 0.1) is 0 Å². The van der Waals surface area contributed by atoms with Crippen LogP contribution in [0, 0.1) is 12.8 Å². The number of Topliss-reactive ketones (excluding diaryl/α,β-unsaturated/α-hetero) is 1. The van der Waals surface area contributed by atoms with E-state index < -0.39 is 0 Å². The van der Waals surface area contributed by atoms with Gasteiger partial charge in [0.2, 0.25) is 0 Å². The molecule has 0 spiro atoms. The average Bonchev–Trinajstić information content (AvgIpc) is 3.93. The number of ketones is 1. The van der Waals surface area contributed by atoms with E-state index in [-0.39, 0.29) is 5.38 Å². The van der Waals surface area contributed by atoms with Crippen molar-refractivity contribution in [3.8, 4) is 0 Å². The molecule has 0 aliphatic heterocycles. The molecule has 0 amide bonds. The van der Waals surface area contributed by atoms with Gasteiger partial charge in [-0.1, -0.05) is 74.3 Å². The van der Waals surface area contributed by atoms with Crippen LogP contribution in [0.5, 0.6) is 0 Å². The Balaban J connectivity index is 0.000000756. The molecule has 0 saturated heterocycles. The van der Waals surface area contributed by atoms with Gasteiger partial charge < -0.3 is 5.32 Å². The Morgan fingerprint density at radius 2 is 1.55 bits per heavy atom. The molecule has 2 unspecified atom stereocenters. The van der Waals surface area contributed by atoms with E-state index in [1.807, 2.05) is 27.7 Å². The Kier molecular flexibility index (Phi) is 27.0. The lowest BCUT2D eigenvalue weighted by Gasteiger charge is -2.32. The smallest absolute Gasteiger partial charge is 0.163 e. The van der Waals surface area contributed by atoms with Crippen LogP contribution in [0.3, 0.4) is 0 Å². The van der Waals surface area contributed by atoms with E-state index in [1.54, 1.807) is 12.4 Å². The van der Waals surface area contributed by atoms with Gasteiger partial charge in [0.15, 0.2) is 5.78 Å². The molecule has 278 valence electrons. The Bertz CT molecular complexity index is 1210. The third kappa shape index (κ3) is 19.0. The zero-order valence-electron chi connectivity index (χ0n) is 33.6. The number of nitrogens with zero attached hydrogens (tertiary/aromatic N) is 3. The Hall–Kier alpha value is -2.37. The molecule has 2 saturated carbocycles. The molecular formula is C43H73ClN4O. The molecule has 0 bridgehead atoms. The van der Waals surface area contributed by atoms with E-state index in [0.717, 1.165) is 61.7 Å². The summed E-state index contributed by atoms with van der Waals surface area (Å²) in [6.07, 6.45) is 16.8. The van der Waals surface area contributed by atoms with E-state index in [1.165, 1.54) is 66.5 Å². The van der Waals surface area contributed by atoms with Crippen molar-refractivity contribution in [3.05, 3.63) is 63.5 Å². The molecule has 1 N–H and O–H groups in total. The number of nitrogens with one attached hydrogen (secondary N) is 1. The number of carbonyl (C=O) groups excluding carboxylic acids is 1. The maximum Gasteiger partial charge on any atom is 0.163 e. The van der Waals surface area contributed by atoms with Crippen LogP contribution in [0.2, 0.25) is 0 Å². The maximum absolute atomic E-state index is 12.5. The second-order valence-electron chi connectivity index (χ2n) is 13.0. The van der Waals surface area contributed by atoms with Gasteiger partial charge in [-0.25, -0.2) is 0 Å². The standard InChI is InChI=1S/C21H33NO.C13H18ClN.C4H8N2.C3H8.C2H6/c1-5-9-21(23)20-13-16(12-17(6-2)19(20)7-3)14-22-15(4)18-10-8-11-18;1-3-12(14)7-10-6-9(2)15-13(8-10)11-4-5-11;1-3-5-6-4-2;1-3-2;1-2/h12-13,15,18,22H,5-11,14H2,1-4H3;6,8,11-12H,3-5,7H2,1-2H3;3-4H,1-2H3;3H2,1-2H3;1-2H3/b;;5-3-,6-4-;;. The highest BCUT2D eigenvalue weighted by Crippen LogP contribution is 2.39. The van der Waals surface area contributed by atoms with Crippen molar-refractivity contribution in [2.24, 2.45) is 16.1 Å². The van der Waals surface area contributed by atoms with Gasteiger partial charge in [0.1, 0.15) is 0 Å². The number of carbonyl (C=O) groups is 1. The van der Waals surface area contributed by atoms with Crippen molar-refractivity contribution in [3.63, 3.8) is 0 Å². The fraction of sp³-hybridized carbons (Fsp3) is 0.674. The topological polar surface area (TPSA) is 66.7 Å². The van der Waals surface area contributed by atoms with Crippen LogP contribution in [0.25, 0.3) is 0 Å². The van der Waals surface area contributed by atoms with E-state index in [4.69, 9.17) is 11.6 Å². The van der Waals surface area contributed by atoms with Crippen LogP contribution in [0.4, 0.5) is 0 Å². The second kappa shape index (κ2) is 28.3. The molecule has 1 aromatic heterocycles. The van der Waals surface area contributed by atoms with Gasteiger partial charge in [-0.2, -0.15) is 10.2 Å². The van der Waals surface area contributed by atoms with E-state index in [0.29, 0.717) is 18.2 Å². The molecule has 6 heteroatoms. The quantitative estimate of drug-likeness (QED) is 0.0925. The van der Waals surface area contributed by atoms with Crippen molar-refractivity contribution in [1.29, 1.82) is 0 Å². The predicted octanol–water partition coefficient (Wildman–Crippen LogP) is 12.4. The summed E-state index contributed by atoms with van der Waals surface area (Å²) < 4.78 is 0. The van der Waals surface area contributed by atoms with Crippen LogP contribution in [-0.2, 0) is 25.8 Å². The summed E-state index contributed by atoms with van der Waals surface area (Å²) in [5, 5.41) is 11.0. The van der Waals surface area contributed by atoms with Gasteiger partial charge in [-0.3, -0.25) is 9.78 Å². The third-order valence-corrected chi connectivity index (χ3v) is 9.09. The van der Waals surface area contributed by atoms with Gasteiger partial charge in [0.25, 0.3) is 0 Å².